The molecular weight excluding hydrogens is 653 g/mol. The Bertz CT molecular complexity index is 3220. The highest BCUT2D eigenvalue weighted by Gasteiger charge is 2.28. The van der Waals surface area contributed by atoms with Gasteiger partial charge < -0.3 is 23.0 Å². The Morgan fingerprint density at radius 1 is 0.566 bits per heavy atom. The van der Waals surface area contributed by atoms with Gasteiger partial charge in [0.1, 0.15) is 17.3 Å². The van der Waals surface area contributed by atoms with Crippen molar-refractivity contribution in [2.75, 3.05) is 0 Å². The lowest BCUT2D eigenvalue weighted by Gasteiger charge is -2.12. The maximum Gasteiger partial charge on any atom is 0.243 e. The van der Waals surface area contributed by atoms with E-state index in [4.69, 9.17) is 9.72 Å². The van der Waals surface area contributed by atoms with Crippen LogP contribution in [0.3, 0.4) is 0 Å². The Hall–Kier alpha value is -7.12. The molecule has 0 radical (unpaired) electrons. The van der Waals surface area contributed by atoms with Crippen LogP contribution in [0.5, 0.6) is 11.5 Å². The van der Waals surface area contributed by atoms with E-state index in [9.17, 15) is 0 Å². The Kier molecular flexibility index (Phi) is 6.25. The number of aryl methyl sites for hydroxylation is 2. The molecule has 11 rings (SSSR count). The van der Waals surface area contributed by atoms with Gasteiger partial charge in [-0.25, -0.2) is 4.98 Å². The molecule has 7 nitrogen and oxygen atoms in total. The molecule has 0 fully saturated rings. The van der Waals surface area contributed by atoms with Crippen LogP contribution in [0.25, 0.3) is 82.6 Å². The van der Waals surface area contributed by atoms with Gasteiger partial charge in [-0.1, -0.05) is 72.8 Å². The van der Waals surface area contributed by atoms with Crippen LogP contribution in [0.15, 0.2) is 158 Å². The first-order valence-electron chi connectivity index (χ1n) is 17.8. The van der Waals surface area contributed by atoms with Gasteiger partial charge in [-0.15, -0.1) is 0 Å². The number of pyridine rings is 1. The van der Waals surface area contributed by atoms with E-state index < -0.39 is 0 Å². The van der Waals surface area contributed by atoms with Crippen LogP contribution in [0.4, 0.5) is 0 Å². The summed E-state index contributed by atoms with van der Waals surface area (Å²) in [6.45, 7) is 0. The van der Waals surface area contributed by atoms with E-state index in [0.29, 0.717) is 0 Å². The SMILES string of the molecule is Cn1[c-][n+](-c2cccc(Oc3ccc4c5c6c(c7ccccc7n6C)c6c(c7ccccc7n6-c6ccccc6)c5n(-c5ccccn5)c4c3)c2)cc1. The number of para-hydroxylation sites is 3. The second kappa shape index (κ2) is 11.2. The van der Waals surface area contributed by atoms with Crippen LogP contribution in [0.1, 0.15) is 0 Å². The van der Waals surface area contributed by atoms with E-state index >= 15 is 0 Å². The number of hydrogen-bond acceptors (Lipinski definition) is 2. The molecule has 53 heavy (non-hydrogen) atoms. The van der Waals surface area contributed by atoms with Crippen molar-refractivity contribution in [3.05, 3.63) is 164 Å². The Labute approximate surface area is 304 Å². The summed E-state index contributed by atoms with van der Waals surface area (Å²) in [5.41, 5.74) is 8.95. The molecule has 0 saturated heterocycles. The third-order valence-corrected chi connectivity index (χ3v) is 10.6. The van der Waals surface area contributed by atoms with Gasteiger partial charge in [-0.2, -0.15) is 0 Å². The second-order valence-electron chi connectivity index (χ2n) is 13.6. The number of imidazole rings is 1. The molecule has 11 aromatic rings. The number of benzene rings is 6. The summed E-state index contributed by atoms with van der Waals surface area (Å²) >= 11 is 0. The van der Waals surface area contributed by atoms with Gasteiger partial charge in [0.25, 0.3) is 0 Å². The van der Waals surface area contributed by atoms with Crippen molar-refractivity contribution < 1.29 is 9.30 Å². The zero-order valence-electron chi connectivity index (χ0n) is 29.1. The molecule has 0 amide bonds. The Morgan fingerprint density at radius 2 is 1.25 bits per heavy atom. The lowest BCUT2D eigenvalue weighted by Crippen LogP contribution is -2.27. The van der Waals surface area contributed by atoms with Crippen molar-refractivity contribution in [3.8, 4) is 28.7 Å². The largest absolute Gasteiger partial charge is 0.458 e. The van der Waals surface area contributed by atoms with Crippen molar-refractivity contribution >= 4 is 65.4 Å². The van der Waals surface area contributed by atoms with E-state index in [-0.39, 0.29) is 0 Å². The summed E-state index contributed by atoms with van der Waals surface area (Å²) in [4.78, 5) is 4.98. The molecular formula is C46H32N6O. The van der Waals surface area contributed by atoms with Gasteiger partial charge in [0.2, 0.25) is 6.33 Å². The molecule has 0 aliphatic heterocycles. The molecule has 0 spiro atoms. The third kappa shape index (κ3) is 4.28. The van der Waals surface area contributed by atoms with E-state index in [1.54, 1.807) is 0 Å². The van der Waals surface area contributed by atoms with Gasteiger partial charge in [-0.3, -0.25) is 4.57 Å². The highest BCUT2D eigenvalue weighted by molar-refractivity contribution is 6.40. The third-order valence-electron chi connectivity index (χ3n) is 10.6. The molecule has 0 saturated carbocycles. The first kappa shape index (κ1) is 29.6. The summed E-state index contributed by atoms with van der Waals surface area (Å²) in [6.07, 6.45) is 9.11. The molecule has 0 unspecified atom stereocenters. The van der Waals surface area contributed by atoms with Crippen molar-refractivity contribution in [3.63, 3.8) is 0 Å². The number of aromatic nitrogens is 6. The van der Waals surface area contributed by atoms with Gasteiger partial charge >= 0.3 is 0 Å². The zero-order valence-corrected chi connectivity index (χ0v) is 29.1. The normalized spacial score (nSPS) is 12.0. The van der Waals surface area contributed by atoms with E-state index in [2.05, 4.69) is 142 Å². The second-order valence-corrected chi connectivity index (χ2v) is 13.6. The first-order chi connectivity index (χ1) is 26.1. The monoisotopic (exact) mass is 684 g/mol. The first-order valence-corrected chi connectivity index (χ1v) is 17.8. The highest BCUT2D eigenvalue weighted by Crippen LogP contribution is 2.49. The molecule has 0 atom stereocenters. The standard InChI is InChI=1S/C46H32N6O/c1-48-25-26-50(29-48)31-15-12-16-32(27-31)53-33-22-23-36-39(28-33)52(40-21-10-11-24-47-40)46-42(36)44-41(34-17-6-8-19-37(34)49(44)2)45-43(46)35-18-7-9-20-38(35)51(45)30-13-4-3-5-14-30/h3-28H,1-2H3. The molecule has 0 aliphatic carbocycles. The molecule has 252 valence electrons. The summed E-state index contributed by atoms with van der Waals surface area (Å²) in [7, 11) is 4.16. The minimum Gasteiger partial charge on any atom is -0.458 e. The molecule has 0 bridgehead atoms. The van der Waals surface area contributed by atoms with Gasteiger partial charge in [0.05, 0.1) is 40.3 Å². The number of fused-ring (bicyclic) bond motifs is 12. The number of ether oxygens (including phenoxy) is 1. The van der Waals surface area contributed by atoms with E-state index in [1.165, 1.54) is 43.5 Å². The Morgan fingerprint density at radius 3 is 2.02 bits per heavy atom. The number of rotatable bonds is 5. The summed E-state index contributed by atoms with van der Waals surface area (Å²) in [6, 6.07) is 49.0. The average Bonchev–Trinajstić information content (AvgIpc) is 3.95. The number of nitrogens with zero attached hydrogens (tertiary/aromatic N) is 6. The van der Waals surface area contributed by atoms with Crippen molar-refractivity contribution in [1.29, 1.82) is 0 Å². The van der Waals surface area contributed by atoms with Crippen LogP contribution in [-0.4, -0.2) is 23.3 Å². The molecule has 5 aromatic heterocycles. The lowest BCUT2D eigenvalue weighted by molar-refractivity contribution is -0.599. The maximum absolute atomic E-state index is 6.64. The van der Waals surface area contributed by atoms with Gasteiger partial charge in [0, 0.05) is 75.2 Å². The van der Waals surface area contributed by atoms with Crippen LogP contribution < -0.4 is 9.30 Å². The van der Waals surface area contributed by atoms with Crippen molar-refractivity contribution in [2.45, 2.75) is 0 Å². The van der Waals surface area contributed by atoms with Crippen molar-refractivity contribution in [2.24, 2.45) is 14.1 Å². The smallest absolute Gasteiger partial charge is 0.243 e. The van der Waals surface area contributed by atoms with Crippen LogP contribution >= 0.6 is 0 Å². The van der Waals surface area contributed by atoms with Gasteiger partial charge in [-0.05, 0) is 60.7 Å². The fraction of sp³-hybridized carbons (Fsp3) is 0.0435. The Balaban J connectivity index is 1.30. The predicted octanol–water partition coefficient (Wildman–Crippen LogP) is 10.1. The summed E-state index contributed by atoms with van der Waals surface area (Å²) in [5, 5.41) is 7.16. The fourth-order valence-corrected chi connectivity index (χ4v) is 8.40. The number of hydrogen-bond donors (Lipinski definition) is 0. The molecule has 6 aromatic carbocycles. The topological polar surface area (TPSA) is 45.7 Å². The summed E-state index contributed by atoms with van der Waals surface area (Å²) in [5.74, 6) is 2.34. The predicted molar refractivity (Wildman–Crippen MR) is 213 cm³/mol. The highest BCUT2D eigenvalue weighted by atomic mass is 16.5. The summed E-state index contributed by atoms with van der Waals surface area (Å²) < 4.78 is 17.7. The van der Waals surface area contributed by atoms with Gasteiger partial charge in [0.15, 0.2) is 0 Å². The molecule has 0 aliphatic rings. The molecule has 5 heterocycles. The quantitative estimate of drug-likeness (QED) is 0.134. The minimum atomic E-state index is 0.743. The zero-order chi connectivity index (χ0) is 35.2. The average molecular weight is 685 g/mol. The lowest BCUT2D eigenvalue weighted by atomic mass is 10.0. The van der Waals surface area contributed by atoms with Crippen LogP contribution in [-0.2, 0) is 14.1 Å². The van der Waals surface area contributed by atoms with E-state index in [1.807, 2.05) is 59.0 Å². The van der Waals surface area contributed by atoms with Crippen LogP contribution in [0.2, 0.25) is 0 Å². The molecule has 0 N–H and O–H groups in total. The van der Waals surface area contributed by atoms with Crippen molar-refractivity contribution in [1.82, 2.24) is 23.3 Å². The molecule has 7 heteroatoms. The van der Waals surface area contributed by atoms with Crippen LogP contribution in [0, 0.1) is 6.33 Å². The maximum atomic E-state index is 6.64. The van der Waals surface area contributed by atoms with E-state index in [0.717, 1.165) is 50.6 Å². The minimum absolute atomic E-state index is 0.743. The fourth-order valence-electron chi connectivity index (χ4n) is 8.40.